The van der Waals surface area contributed by atoms with Gasteiger partial charge in [0.1, 0.15) is 11.9 Å². The van der Waals surface area contributed by atoms with Gasteiger partial charge in [0.2, 0.25) is 5.91 Å². The molecule has 3 atom stereocenters. The van der Waals surface area contributed by atoms with Crippen molar-refractivity contribution in [3.8, 4) is 5.75 Å². The van der Waals surface area contributed by atoms with Crippen molar-refractivity contribution in [2.75, 3.05) is 13.1 Å². The third-order valence-electron chi connectivity index (χ3n) is 4.21. The monoisotopic (exact) mass is 274 g/mol. The summed E-state index contributed by atoms with van der Waals surface area (Å²) in [6.45, 7) is 3.67. The van der Waals surface area contributed by atoms with Crippen LogP contribution >= 0.6 is 0 Å². The smallest absolute Gasteiger partial charge is 0.223 e. The molecule has 0 aliphatic carbocycles. The molecule has 1 fully saturated rings. The highest BCUT2D eigenvalue weighted by Gasteiger charge is 2.27. The second-order valence-corrected chi connectivity index (χ2v) is 5.87. The minimum atomic E-state index is 0.0792. The van der Waals surface area contributed by atoms with Crippen LogP contribution in [0.5, 0.6) is 5.75 Å². The number of hydrogen-bond donors (Lipinski definition) is 2. The van der Waals surface area contributed by atoms with Gasteiger partial charge in [-0.2, -0.15) is 0 Å². The minimum Gasteiger partial charge on any atom is -0.488 e. The highest BCUT2D eigenvalue weighted by molar-refractivity contribution is 5.78. The minimum absolute atomic E-state index is 0.0792. The van der Waals surface area contributed by atoms with Crippen LogP contribution in [0.4, 0.5) is 0 Å². The zero-order valence-corrected chi connectivity index (χ0v) is 11.9. The van der Waals surface area contributed by atoms with Crippen LogP contribution in [0.25, 0.3) is 0 Å². The Balaban J connectivity index is 1.47. The molecule has 3 unspecified atom stereocenters. The number of carbonyl (C=O) groups is 1. The predicted molar refractivity (Wildman–Crippen MR) is 77.8 cm³/mol. The zero-order valence-electron chi connectivity index (χ0n) is 11.9. The lowest BCUT2D eigenvalue weighted by Crippen LogP contribution is -2.44. The summed E-state index contributed by atoms with van der Waals surface area (Å²) in [5, 5.41) is 6.43. The molecular formula is C16H22N2O2. The average Bonchev–Trinajstić information content (AvgIpc) is 2.87. The summed E-state index contributed by atoms with van der Waals surface area (Å²) in [6, 6.07) is 8.53. The van der Waals surface area contributed by atoms with Crippen molar-refractivity contribution in [1.82, 2.24) is 10.6 Å². The van der Waals surface area contributed by atoms with Gasteiger partial charge >= 0.3 is 0 Å². The Morgan fingerprint density at radius 3 is 3.10 bits per heavy atom. The van der Waals surface area contributed by atoms with E-state index in [2.05, 4.69) is 23.6 Å². The maximum Gasteiger partial charge on any atom is 0.223 e. The Morgan fingerprint density at radius 2 is 2.30 bits per heavy atom. The molecule has 3 rings (SSSR count). The molecule has 0 radical (unpaired) electrons. The first-order valence-corrected chi connectivity index (χ1v) is 7.48. The molecule has 0 bridgehead atoms. The average molecular weight is 274 g/mol. The molecular weight excluding hydrogens is 252 g/mol. The molecule has 0 spiro atoms. The molecule has 1 saturated heterocycles. The number of fused-ring (bicyclic) bond motifs is 1. The molecule has 4 heteroatoms. The maximum absolute atomic E-state index is 12.2. The first kappa shape index (κ1) is 13.4. The number of ether oxygens (including phenoxy) is 1. The van der Waals surface area contributed by atoms with Crippen LogP contribution < -0.4 is 15.4 Å². The molecule has 2 N–H and O–H groups in total. The van der Waals surface area contributed by atoms with E-state index in [1.54, 1.807) is 0 Å². The Morgan fingerprint density at radius 1 is 1.45 bits per heavy atom. The van der Waals surface area contributed by atoms with Gasteiger partial charge in [0.05, 0.1) is 6.54 Å². The molecule has 1 aromatic rings. The van der Waals surface area contributed by atoms with Crippen molar-refractivity contribution in [3.05, 3.63) is 29.8 Å². The van der Waals surface area contributed by atoms with Gasteiger partial charge in [-0.1, -0.05) is 18.2 Å². The van der Waals surface area contributed by atoms with Gasteiger partial charge in [-0.3, -0.25) is 4.79 Å². The molecule has 108 valence electrons. The molecule has 2 heterocycles. The number of carbonyl (C=O) groups excluding carboxylic acids is 1. The quantitative estimate of drug-likeness (QED) is 0.878. The Labute approximate surface area is 119 Å². The molecule has 1 amide bonds. The fourth-order valence-corrected chi connectivity index (χ4v) is 3.10. The number of amides is 1. The summed E-state index contributed by atoms with van der Waals surface area (Å²) in [7, 11) is 0. The first-order valence-electron chi connectivity index (χ1n) is 7.48. The summed E-state index contributed by atoms with van der Waals surface area (Å²) in [4.78, 5) is 12.2. The van der Waals surface area contributed by atoms with Gasteiger partial charge < -0.3 is 15.4 Å². The third kappa shape index (κ3) is 2.96. The van der Waals surface area contributed by atoms with E-state index < -0.39 is 0 Å². The summed E-state index contributed by atoms with van der Waals surface area (Å²) in [5.41, 5.74) is 1.24. The summed E-state index contributed by atoms with van der Waals surface area (Å²) >= 11 is 0. The molecule has 1 aromatic carbocycles. The van der Waals surface area contributed by atoms with E-state index in [4.69, 9.17) is 4.74 Å². The van der Waals surface area contributed by atoms with Crippen molar-refractivity contribution in [2.24, 2.45) is 5.92 Å². The maximum atomic E-state index is 12.2. The summed E-state index contributed by atoms with van der Waals surface area (Å²) < 4.78 is 5.84. The van der Waals surface area contributed by atoms with Crippen molar-refractivity contribution < 1.29 is 9.53 Å². The van der Waals surface area contributed by atoms with Gasteiger partial charge in [-0.25, -0.2) is 0 Å². The topological polar surface area (TPSA) is 50.4 Å². The van der Waals surface area contributed by atoms with E-state index in [9.17, 15) is 4.79 Å². The number of hydrogen-bond acceptors (Lipinski definition) is 3. The molecule has 2 aliphatic rings. The summed E-state index contributed by atoms with van der Waals surface area (Å²) in [5.74, 6) is 1.29. The van der Waals surface area contributed by atoms with Gasteiger partial charge in [0.15, 0.2) is 0 Å². The van der Waals surface area contributed by atoms with E-state index >= 15 is 0 Å². The van der Waals surface area contributed by atoms with Gasteiger partial charge in [-0.15, -0.1) is 0 Å². The normalized spacial score (nSPS) is 28.6. The zero-order chi connectivity index (χ0) is 13.9. The number of para-hydroxylation sites is 1. The van der Waals surface area contributed by atoms with E-state index in [1.165, 1.54) is 5.56 Å². The highest BCUT2D eigenvalue weighted by atomic mass is 16.5. The first-order chi connectivity index (χ1) is 9.72. The van der Waals surface area contributed by atoms with Crippen LogP contribution in [-0.4, -0.2) is 31.1 Å². The fourth-order valence-electron chi connectivity index (χ4n) is 3.10. The van der Waals surface area contributed by atoms with Crippen molar-refractivity contribution >= 4 is 5.91 Å². The second-order valence-electron chi connectivity index (χ2n) is 5.87. The Hall–Kier alpha value is -1.55. The van der Waals surface area contributed by atoms with Crippen LogP contribution in [0.2, 0.25) is 0 Å². The lowest BCUT2D eigenvalue weighted by Gasteiger charge is -2.27. The SMILES string of the molecule is CC1CC(C(=O)NCC2Cc3ccccc3O2)CCN1. The molecule has 0 saturated carbocycles. The standard InChI is InChI=1S/C16H22N2O2/c1-11-8-13(6-7-17-11)16(19)18-10-14-9-12-4-2-3-5-15(12)20-14/h2-5,11,13-14,17H,6-10H2,1H3,(H,18,19). The Kier molecular flexibility index (Phi) is 3.92. The van der Waals surface area contributed by atoms with Crippen LogP contribution in [0, 0.1) is 5.92 Å². The summed E-state index contributed by atoms with van der Waals surface area (Å²) in [6.07, 6.45) is 2.83. The van der Waals surface area contributed by atoms with Crippen LogP contribution in [0.1, 0.15) is 25.3 Å². The molecule has 4 nitrogen and oxygen atoms in total. The Bertz CT molecular complexity index is 464. The van der Waals surface area contributed by atoms with Gasteiger partial charge in [0, 0.05) is 18.4 Å². The molecule has 0 aromatic heterocycles. The van der Waals surface area contributed by atoms with Gasteiger partial charge in [-0.05, 0) is 37.9 Å². The van der Waals surface area contributed by atoms with Crippen molar-refractivity contribution in [1.29, 1.82) is 0 Å². The fraction of sp³-hybridized carbons (Fsp3) is 0.562. The van der Waals surface area contributed by atoms with Crippen molar-refractivity contribution in [3.63, 3.8) is 0 Å². The molecule has 2 aliphatic heterocycles. The third-order valence-corrected chi connectivity index (χ3v) is 4.21. The van der Waals surface area contributed by atoms with Crippen LogP contribution in [0.3, 0.4) is 0 Å². The highest BCUT2D eigenvalue weighted by Crippen LogP contribution is 2.27. The van der Waals surface area contributed by atoms with E-state index in [-0.39, 0.29) is 17.9 Å². The lowest BCUT2D eigenvalue weighted by molar-refractivity contribution is -0.126. The van der Waals surface area contributed by atoms with E-state index in [1.807, 2.05) is 18.2 Å². The number of rotatable bonds is 3. The van der Waals surface area contributed by atoms with Crippen LogP contribution in [-0.2, 0) is 11.2 Å². The molecule has 20 heavy (non-hydrogen) atoms. The van der Waals surface area contributed by atoms with Crippen LogP contribution in [0.15, 0.2) is 24.3 Å². The second kappa shape index (κ2) is 5.83. The van der Waals surface area contributed by atoms with Gasteiger partial charge in [0.25, 0.3) is 0 Å². The van der Waals surface area contributed by atoms with Crippen molar-refractivity contribution in [2.45, 2.75) is 38.3 Å². The largest absolute Gasteiger partial charge is 0.488 e. The van der Waals surface area contributed by atoms with E-state index in [0.29, 0.717) is 12.6 Å². The predicted octanol–water partition coefficient (Wildman–Crippen LogP) is 1.49. The lowest BCUT2D eigenvalue weighted by atomic mass is 9.92. The number of benzene rings is 1. The van der Waals surface area contributed by atoms with E-state index in [0.717, 1.165) is 31.6 Å². The number of piperidine rings is 1. The number of nitrogens with one attached hydrogen (secondary N) is 2.